The first kappa shape index (κ1) is 12.2. The number of rotatable bonds is 2. The number of hydrogen-bond donors (Lipinski definition) is 2. The smallest absolute Gasteiger partial charge is 0.307 e. The third kappa shape index (κ3) is 2.88. The minimum absolute atomic E-state index is 0.289. The number of carbonyl (C=O) groups is 1. The summed E-state index contributed by atoms with van der Waals surface area (Å²) in [6.45, 7) is 3.94. The second kappa shape index (κ2) is 4.91. The highest BCUT2D eigenvalue weighted by Crippen LogP contribution is 2.16. The zero-order valence-electron chi connectivity index (χ0n) is 10.7. The fourth-order valence-electron chi connectivity index (χ4n) is 1.62. The molecule has 2 aromatic rings. The largest absolute Gasteiger partial charge is 0.324 e. The lowest BCUT2D eigenvalue weighted by Gasteiger charge is -2.09. The van der Waals surface area contributed by atoms with E-state index in [4.69, 9.17) is 0 Å². The number of nitrogens with zero attached hydrogens (tertiary/aromatic N) is 2. The fourth-order valence-corrected chi connectivity index (χ4v) is 1.62. The van der Waals surface area contributed by atoms with Crippen LogP contribution in [0.15, 0.2) is 30.5 Å². The molecule has 0 unspecified atom stereocenters. The quantitative estimate of drug-likeness (QED) is 0.853. The average Bonchev–Trinajstić information content (AvgIpc) is 2.69. The summed E-state index contributed by atoms with van der Waals surface area (Å²) in [6, 6.07) is 7.38. The van der Waals surface area contributed by atoms with Crippen molar-refractivity contribution in [3.63, 3.8) is 0 Å². The summed E-state index contributed by atoms with van der Waals surface area (Å²) in [5, 5.41) is 9.56. The Bertz CT molecular complexity index is 574. The maximum Gasteiger partial charge on any atom is 0.324 e. The van der Waals surface area contributed by atoms with Gasteiger partial charge in [-0.05, 0) is 31.0 Å². The lowest BCUT2D eigenvalue weighted by Crippen LogP contribution is -2.20. The predicted octanol–water partition coefficient (Wildman–Crippen LogP) is 2.68. The molecule has 0 spiro atoms. The summed E-state index contributed by atoms with van der Waals surface area (Å²) < 4.78 is 1.63. The topological polar surface area (TPSA) is 59.0 Å². The zero-order chi connectivity index (χ0) is 13.1. The number of carbonyl (C=O) groups excluding carboxylic acids is 1. The van der Waals surface area contributed by atoms with Gasteiger partial charge in [-0.2, -0.15) is 5.10 Å². The van der Waals surface area contributed by atoms with Crippen LogP contribution in [0.3, 0.4) is 0 Å². The molecule has 5 heteroatoms. The normalized spacial score (nSPS) is 10.2. The minimum Gasteiger partial charge on any atom is -0.307 e. The fraction of sp³-hybridized carbons (Fsp3) is 0.231. The molecule has 0 radical (unpaired) electrons. The van der Waals surface area contributed by atoms with E-state index in [-0.39, 0.29) is 6.03 Å². The molecule has 0 saturated carbocycles. The lowest BCUT2D eigenvalue weighted by atomic mass is 10.1. The van der Waals surface area contributed by atoms with Crippen LogP contribution < -0.4 is 10.6 Å². The number of anilines is 2. The molecule has 5 nitrogen and oxygen atoms in total. The number of benzene rings is 1. The summed E-state index contributed by atoms with van der Waals surface area (Å²) in [7, 11) is 1.80. The number of aromatic nitrogens is 2. The maximum absolute atomic E-state index is 11.8. The van der Waals surface area contributed by atoms with E-state index in [2.05, 4.69) is 15.7 Å². The van der Waals surface area contributed by atoms with Gasteiger partial charge in [-0.1, -0.05) is 12.1 Å². The van der Waals surface area contributed by atoms with Crippen molar-refractivity contribution >= 4 is 17.5 Å². The van der Waals surface area contributed by atoms with E-state index in [1.807, 2.05) is 32.0 Å². The van der Waals surface area contributed by atoms with Gasteiger partial charge in [0.25, 0.3) is 0 Å². The van der Waals surface area contributed by atoms with Crippen molar-refractivity contribution in [2.75, 3.05) is 10.6 Å². The Balaban J connectivity index is 2.05. The molecule has 2 N–H and O–H groups in total. The molecule has 0 aliphatic carbocycles. The molecular formula is C13H16N4O. The molecule has 2 rings (SSSR count). The van der Waals surface area contributed by atoms with E-state index >= 15 is 0 Å². The van der Waals surface area contributed by atoms with E-state index in [1.165, 1.54) is 0 Å². The lowest BCUT2D eigenvalue weighted by molar-refractivity contribution is 0.262. The Morgan fingerprint density at radius 3 is 2.67 bits per heavy atom. The van der Waals surface area contributed by atoms with Crippen molar-refractivity contribution < 1.29 is 4.79 Å². The summed E-state index contributed by atoms with van der Waals surface area (Å²) in [6.07, 6.45) is 1.77. The van der Waals surface area contributed by atoms with Gasteiger partial charge in [0.2, 0.25) is 0 Å². The second-order valence-corrected chi connectivity index (χ2v) is 4.27. The van der Waals surface area contributed by atoms with Crippen LogP contribution in [0.4, 0.5) is 16.3 Å². The molecule has 0 aliphatic heterocycles. The van der Waals surface area contributed by atoms with Gasteiger partial charge in [-0.3, -0.25) is 10.00 Å². The predicted molar refractivity (Wildman–Crippen MR) is 71.8 cm³/mol. The Labute approximate surface area is 106 Å². The number of hydrogen-bond acceptors (Lipinski definition) is 2. The van der Waals surface area contributed by atoms with Crippen LogP contribution >= 0.6 is 0 Å². The summed E-state index contributed by atoms with van der Waals surface area (Å²) in [5.41, 5.74) is 2.94. The maximum atomic E-state index is 11.8. The highest BCUT2D eigenvalue weighted by molar-refractivity contribution is 5.99. The molecule has 2 amide bonds. The Morgan fingerprint density at radius 1 is 1.22 bits per heavy atom. The van der Waals surface area contributed by atoms with Crippen LogP contribution in [0.1, 0.15) is 11.1 Å². The van der Waals surface area contributed by atoms with Gasteiger partial charge in [-0.15, -0.1) is 0 Å². The first-order chi connectivity index (χ1) is 8.54. The molecule has 0 bridgehead atoms. The molecular weight excluding hydrogens is 228 g/mol. The zero-order valence-corrected chi connectivity index (χ0v) is 10.7. The van der Waals surface area contributed by atoms with Crippen molar-refractivity contribution in [3.8, 4) is 0 Å². The van der Waals surface area contributed by atoms with Gasteiger partial charge < -0.3 is 5.32 Å². The van der Waals surface area contributed by atoms with Crippen LogP contribution in [0.2, 0.25) is 0 Å². The minimum atomic E-state index is -0.289. The molecule has 18 heavy (non-hydrogen) atoms. The molecule has 0 saturated heterocycles. The Kier molecular flexibility index (Phi) is 3.32. The molecule has 0 atom stereocenters. The SMILES string of the molecule is Cc1ccc(C)c(NC(=O)Nc2ccn(C)n2)c1. The first-order valence-electron chi connectivity index (χ1n) is 5.69. The van der Waals surface area contributed by atoms with Crippen molar-refractivity contribution in [1.29, 1.82) is 0 Å². The van der Waals surface area contributed by atoms with Crippen molar-refractivity contribution in [2.24, 2.45) is 7.05 Å². The van der Waals surface area contributed by atoms with E-state index in [9.17, 15) is 4.79 Å². The van der Waals surface area contributed by atoms with E-state index < -0.39 is 0 Å². The van der Waals surface area contributed by atoms with Crippen LogP contribution in [-0.4, -0.2) is 15.8 Å². The van der Waals surface area contributed by atoms with E-state index in [0.29, 0.717) is 5.82 Å². The Morgan fingerprint density at radius 2 is 2.00 bits per heavy atom. The van der Waals surface area contributed by atoms with Gasteiger partial charge in [0, 0.05) is 25.0 Å². The third-order valence-corrected chi connectivity index (χ3v) is 2.60. The number of aryl methyl sites for hydroxylation is 3. The summed E-state index contributed by atoms with van der Waals surface area (Å²) >= 11 is 0. The standard InChI is InChI=1S/C13H16N4O/c1-9-4-5-10(2)11(8-9)14-13(18)15-12-6-7-17(3)16-12/h4-8H,1-3H3,(H2,14,15,16,18). The van der Waals surface area contributed by atoms with Gasteiger partial charge >= 0.3 is 6.03 Å². The van der Waals surface area contributed by atoms with Gasteiger partial charge in [0.05, 0.1) is 0 Å². The highest BCUT2D eigenvalue weighted by Gasteiger charge is 2.06. The van der Waals surface area contributed by atoms with Crippen molar-refractivity contribution in [3.05, 3.63) is 41.6 Å². The third-order valence-electron chi connectivity index (χ3n) is 2.60. The monoisotopic (exact) mass is 244 g/mol. The Hall–Kier alpha value is -2.30. The summed E-state index contributed by atoms with van der Waals surface area (Å²) in [4.78, 5) is 11.8. The van der Waals surface area contributed by atoms with E-state index in [1.54, 1.807) is 24.0 Å². The van der Waals surface area contributed by atoms with E-state index in [0.717, 1.165) is 16.8 Å². The van der Waals surface area contributed by atoms with Crippen LogP contribution in [0.5, 0.6) is 0 Å². The van der Waals surface area contributed by atoms with Crippen LogP contribution in [-0.2, 0) is 7.05 Å². The molecule has 1 aromatic heterocycles. The number of amides is 2. The number of nitrogens with one attached hydrogen (secondary N) is 2. The average molecular weight is 244 g/mol. The van der Waals surface area contributed by atoms with Crippen LogP contribution in [0, 0.1) is 13.8 Å². The van der Waals surface area contributed by atoms with Gasteiger partial charge in [0.15, 0.2) is 5.82 Å². The molecule has 94 valence electrons. The summed E-state index contributed by atoms with van der Waals surface area (Å²) in [5.74, 6) is 0.528. The highest BCUT2D eigenvalue weighted by atomic mass is 16.2. The molecule has 0 aliphatic rings. The number of urea groups is 1. The van der Waals surface area contributed by atoms with Gasteiger partial charge in [0.1, 0.15) is 0 Å². The second-order valence-electron chi connectivity index (χ2n) is 4.27. The molecule has 1 aromatic carbocycles. The first-order valence-corrected chi connectivity index (χ1v) is 5.69. The van der Waals surface area contributed by atoms with Gasteiger partial charge in [-0.25, -0.2) is 4.79 Å². The van der Waals surface area contributed by atoms with Crippen LogP contribution in [0.25, 0.3) is 0 Å². The van der Waals surface area contributed by atoms with Crippen molar-refractivity contribution in [1.82, 2.24) is 9.78 Å². The molecule has 0 fully saturated rings. The van der Waals surface area contributed by atoms with Crippen molar-refractivity contribution in [2.45, 2.75) is 13.8 Å². The molecule has 1 heterocycles.